The number of amides is 1. The average Bonchev–Trinajstić information content (AvgIpc) is 3.06. The largest absolute Gasteiger partial charge is 0.477 e. The fourth-order valence-electron chi connectivity index (χ4n) is 4.35. The average molecular weight is 401 g/mol. The monoisotopic (exact) mass is 401 g/mol. The van der Waals surface area contributed by atoms with Crippen molar-refractivity contribution in [3.63, 3.8) is 0 Å². The van der Waals surface area contributed by atoms with Gasteiger partial charge in [0.05, 0.1) is 0 Å². The number of alkyl halides is 2. The van der Waals surface area contributed by atoms with E-state index in [1.165, 1.54) is 0 Å². The van der Waals surface area contributed by atoms with Gasteiger partial charge in [0, 0.05) is 12.5 Å². The topological polar surface area (TPSA) is 66.8 Å². The lowest BCUT2D eigenvalue weighted by Gasteiger charge is -2.37. The number of carboxylic acids is 1. The Hall–Kier alpha value is -2.96. The van der Waals surface area contributed by atoms with Gasteiger partial charge in [0.1, 0.15) is 12.6 Å². The third-order valence-electron chi connectivity index (χ3n) is 5.78. The highest BCUT2D eigenvalue weighted by Gasteiger charge is 2.52. The number of carbonyl (C=O) groups excluding carboxylic acids is 1. The Bertz CT molecular complexity index is 900. The number of likely N-dealkylation sites (tertiary alicyclic amines) is 1. The SMILES string of the molecule is O=C(OCC1c2ccccc2-c2ccccc21)N1CCCCC1C(F)(F)C(=O)O. The van der Waals surface area contributed by atoms with E-state index in [1.54, 1.807) is 0 Å². The Morgan fingerprint density at radius 1 is 1.03 bits per heavy atom. The first-order valence-corrected chi connectivity index (χ1v) is 9.64. The summed E-state index contributed by atoms with van der Waals surface area (Å²) in [5.74, 6) is -6.41. The van der Waals surface area contributed by atoms with Crippen LogP contribution in [0.25, 0.3) is 11.1 Å². The number of rotatable bonds is 4. The van der Waals surface area contributed by atoms with Gasteiger partial charge >= 0.3 is 18.0 Å². The van der Waals surface area contributed by atoms with Crippen molar-refractivity contribution in [3.05, 3.63) is 59.7 Å². The predicted molar refractivity (Wildman–Crippen MR) is 102 cm³/mol. The molecule has 0 radical (unpaired) electrons. The van der Waals surface area contributed by atoms with Crippen molar-refractivity contribution in [1.29, 1.82) is 0 Å². The van der Waals surface area contributed by atoms with E-state index in [0.29, 0.717) is 12.8 Å². The van der Waals surface area contributed by atoms with Gasteiger partial charge in [-0.15, -0.1) is 0 Å². The number of hydrogen-bond donors (Lipinski definition) is 1. The molecule has 1 aliphatic heterocycles. The summed E-state index contributed by atoms with van der Waals surface area (Å²) in [5.41, 5.74) is 4.18. The van der Waals surface area contributed by atoms with Crippen LogP contribution in [-0.2, 0) is 9.53 Å². The molecule has 1 atom stereocenters. The number of piperidine rings is 1. The van der Waals surface area contributed by atoms with Crippen LogP contribution in [0.15, 0.2) is 48.5 Å². The van der Waals surface area contributed by atoms with E-state index in [0.717, 1.165) is 27.2 Å². The minimum Gasteiger partial charge on any atom is -0.477 e. The van der Waals surface area contributed by atoms with Crippen molar-refractivity contribution in [3.8, 4) is 11.1 Å². The van der Waals surface area contributed by atoms with Crippen LogP contribution in [0.4, 0.5) is 13.6 Å². The molecule has 5 nitrogen and oxygen atoms in total. The molecule has 2 aromatic rings. The normalized spacial score (nSPS) is 18.8. The zero-order chi connectivity index (χ0) is 20.6. The number of carbonyl (C=O) groups is 2. The summed E-state index contributed by atoms with van der Waals surface area (Å²) in [4.78, 5) is 24.5. The maximum absolute atomic E-state index is 14.1. The van der Waals surface area contributed by atoms with Crippen molar-refractivity contribution in [2.24, 2.45) is 0 Å². The molecule has 1 heterocycles. The third-order valence-corrected chi connectivity index (χ3v) is 5.78. The van der Waals surface area contributed by atoms with E-state index in [-0.39, 0.29) is 25.5 Å². The van der Waals surface area contributed by atoms with Gasteiger partial charge in [0.2, 0.25) is 0 Å². The number of halogens is 2. The molecule has 2 aliphatic rings. The number of fused-ring (bicyclic) bond motifs is 3. The van der Waals surface area contributed by atoms with Crippen molar-refractivity contribution in [2.75, 3.05) is 13.2 Å². The van der Waals surface area contributed by atoms with Crippen LogP contribution >= 0.6 is 0 Å². The quantitative estimate of drug-likeness (QED) is 0.819. The number of ether oxygens (including phenoxy) is 1. The molecule has 0 saturated carbocycles. The Kier molecular flexibility index (Phi) is 4.98. The lowest BCUT2D eigenvalue weighted by Crippen LogP contribution is -2.56. The molecule has 4 rings (SSSR count). The molecule has 1 fully saturated rings. The zero-order valence-electron chi connectivity index (χ0n) is 15.7. The number of aliphatic carboxylic acids is 1. The summed E-state index contributed by atoms with van der Waals surface area (Å²) < 4.78 is 33.7. The Labute approximate surface area is 166 Å². The number of nitrogens with zero attached hydrogens (tertiary/aromatic N) is 1. The second kappa shape index (κ2) is 7.46. The van der Waals surface area contributed by atoms with Gasteiger partial charge in [-0.05, 0) is 41.5 Å². The van der Waals surface area contributed by atoms with Crippen LogP contribution in [0.1, 0.15) is 36.3 Å². The highest BCUT2D eigenvalue weighted by atomic mass is 19.3. The molecule has 0 aromatic heterocycles. The summed E-state index contributed by atoms with van der Waals surface area (Å²) in [7, 11) is 0. The van der Waals surface area contributed by atoms with E-state index in [4.69, 9.17) is 9.84 Å². The van der Waals surface area contributed by atoms with Gasteiger partial charge in [-0.1, -0.05) is 48.5 Å². The fraction of sp³-hybridized carbons (Fsp3) is 0.364. The minimum absolute atomic E-state index is 0.00865. The highest BCUT2D eigenvalue weighted by Crippen LogP contribution is 2.44. The maximum Gasteiger partial charge on any atom is 0.410 e. The lowest BCUT2D eigenvalue weighted by atomic mass is 9.97. The molecule has 1 unspecified atom stereocenters. The van der Waals surface area contributed by atoms with Crippen molar-refractivity contribution in [2.45, 2.75) is 37.1 Å². The number of benzene rings is 2. The van der Waals surface area contributed by atoms with Crippen molar-refractivity contribution < 1.29 is 28.2 Å². The van der Waals surface area contributed by atoms with Gasteiger partial charge in [-0.3, -0.25) is 4.90 Å². The summed E-state index contributed by atoms with van der Waals surface area (Å²) in [6.45, 7) is 0.0684. The van der Waals surface area contributed by atoms with Gasteiger partial charge in [0.15, 0.2) is 0 Å². The van der Waals surface area contributed by atoms with Gasteiger partial charge < -0.3 is 9.84 Å². The smallest absolute Gasteiger partial charge is 0.410 e. The standard InChI is InChI=1S/C22H21F2NO4/c23-22(24,20(26)27)19-11-5-6-12-25(19)21(28)29-13-18-16-9-3-1-7-14(16)15-8-2-4-10-17(15)18/h1-4,7-10,18-19H,5-6,11-13H2,(H,26,27). The summed E-state index contributed by atoms with van der Waals surface area (Å²) in [6, 6.07) is 14.0. The van der Waals surface area contributed by atoms with Crippen LogP contribution in [0.3, 0.4) is 0 Å². The molecule has 1 N–H and O–H groups in total. The number of hydrogen-bond acceptors (Lipinski definition) is 3. The first-order chi connectivity index (χ1) is 13.9. The molecule has 1 saturated heterocycles. The van der Waals surface area contributed by atoms with E-state index in [9.17, 15) is 18.4 Å². The molecular formula is C22H21F2NO4. The van der Waals surface area contributed by atoms with E-state index in [1.807, 2.05) is 48.5 Å². The molecule has 7 heteroatoms. The second-order valence-corrected chi connectivity index (χ2v) is 7.44. The van der Waals surface area contributed by atoms with Crippen LogP contribution in [0.2, 0.25) is 0 Å². The molecule has 0 bridgehead atoms. The summed E-state index contributed by atoms with van der Waals surface area (Å²) in [6.07, 6.45) is 0.0260. The van der Waals surface area contributed by atoms with Gasteiger partial charge in [-0.25, -0.2) is 9.59 Å². The van der Waals surface area contributed by atoms with Crippen LogP contribution < -0.4 is 0 Å². The van der Waals surface area contributed by atoms with E-state index >= 15 is 0 Å². The molecule has 152 valence electrons. The Morgan fingerprint density at radius 3 is 2.21 bits per heavy atom. The minimum atomic E-state index is -4.01. The molecule has 1 aliphatic carbocycles. The van der Waals surface area contributed by atoms with Crippen LogP contribution in [-0.4, -0.2) is 47.2 Å². The first-order valence-electron chi connectivity index (χ1n) is 9.64. The summed E-state index contributed by atoms with van der Waals surface area (Å²) >= 11 is 0. The van der Waals surface area contributed by atoms with E-state index < -0.39 is 24.0 Å². The predicted octanol–water partition coefficient (Wildman–Crippen LogP) is 4.51. The van der Waals surface area contributed by atoms with Crippen LogP contribution in [0.5, 0.6) is 0 Å². The number of carboxylic acid groups (broad SMARTS) is 1. The van der Waals surface area contributed by atoms with Crippen molar-refractivity contribution >= 4 is 12.1 Å². The van der Waals surface area contributed by atoms with E-state index in [2.05, 4.69) is 0 Å². The molecule has 1 amide bonds. The Morgan fingerprint density at radius 2 is 1.62 bits per heavy atom. The zero-order valence-corrected chi connectivity index (χ0v) is 15.7. The molecule has 0 spiro atoms. The van der Waals surface area contributed by atoms with Gasteiger partial charge in [0.25, 0.3) is 0 Å². The maximum atomic E-state index is 14.1. The van der Waals surface area contributed by atoms with Crippen LogP contribution in [0, 0.1) is 0 Å². The highest BCUT2D eigenvalue weighted by molar-refractivity contribution is 5.80. The first kappa shape index (κ1) is 19.4. The summed E-state index contributed by atoms with van der Waals surface area (Å²) in [5, 5.41) is 8.89. The third kappa shape index (κ3) is 3.34. The second-order valence-electron chi connectivity index (χ2n) is 7.44. The molecular weight excluding hydrogens is 380 g/mol. The van der Waals surface area contributed by atoms with Crippen molar-refractivity contribution in [1.82, 2.24) is 4.90 Å². The molecule has 2 aromatic carbocycles. The van der Waals surface area contributed by atoms with Gasteiger partial charge in [-0.2, -0.15) is 8.78 Å². The molecule has 29 heavy (non-hydrogen) atoms. The fourth-order valence-corrected chi connectivity index (χ4v) is 4.35. The lowest BCUT2D eigenvalue weighted by molar-refractivity contribution is -0.176. The Balaban J connectivity index is 1.53.